The van der Waals surface area contributed by atoms with Gasteiger partial charge in [0.25, 0.3) is 0 Å². The Labute approximate surface area is 106 Å². The smallest absolute Gasteiger partial charge is 0.161 e. The Balaban J connectivity index is 0.000000771. The third kappa shape index (κ3) is 3.07. The predicted octanol–water partition coefficient (Wildman–Crippen LogP) is 2.58. The molecule has 2 rings (SSSR count). The minimum absolute atomic E-state index is 0.714. The number of methoxy groups -OCH3 is 2. The van der Waals surface area contributed by atoms with Crippen molar-refractivity contribution in [1.82, 2.24) is 4.98 Å². The van der Waals surface area contributed by atoms with Gasteiger partial charge in [-0.15, -0.1) is 0 Å². The zero-order chi connectivity index (χ0) is 13.4. The van der Waals surface area contributed by atoms with Gasteiger partial charge in [-0.05, 0) is 30.3 Å². The van der Waals surface area contributed by atoms with Crippen LogP contribution in [0.3, 0.4) is 0 Å². The average Bonchev–Trinajstić information content (AvgIpc) is 2.49. The summed E-state index contributed by atoms with van der Waals surface area (Å²) in [7, 11) is 3.25. The molecule has 94 valence electrons. The van der Waals surface area contributed by atoms with E-state index in [4.69, 9.17) is 14.3 Å². The molecule has 1 aromatic carbocycles. The van der Waals surface area contributed by atoms with Gasteiger partial charge >= 0.3 is 0 Å². The molecule has 0 aliphatic carbocycles. The maximum Gasteiger partial charge on any atom is 0.161 e. The van der Waals surface area contributed by atoms with Crippen LogP contribution in [0, 0.1) is 0 Å². The molecule has 2 aromatic rings. The van der Waals surface area contributed by atoms with Gasteiger partial charge in [0, 0.05) is 11.8 Å². The minimum atomic E-state index is 0.714. The van der Waals surface area contributed by atoms with E-state index in [9.17, 15) is 0 Å². The lowest BCUT2D eigenvalue weighted by molar-refractivity contribution is -0.0979. The first-order valence-electron chi connectivity index (χ1n) is 5.27. The fourth-order valence-corrected chi connectivity index (χ4v) is 1.53. The molecule has 0 unspecified atom stereocenters. The molecule has 0 radical (unpaired) electrons. The molecule has 0 N–H and O–H groups in total. The van der Waals surface area contributed by atoms with Crippen molar-refractivity contribution in [2.45, 2.75) is 0 Å². The fraction of sp³-hybridized carbons (Fsp3) is 0.143. The fourth-order valence-electron chi connectivity index (χ4n) is 1.53. The average molecular weight is 245 g/mol. The van der Waals surface area contributed by atoms with Crippen LogP contribution >= 0.6 is 0 Å². The summed E-state index contributed by atoms with van der Waals surface area (Å²) < 4.78 is 10.4. The van der Waals surface area contributed by atoms with Crippen LogP contribution in [0.15, 0.2) is 42.6 Å². The van der Waals surface area contributed by atoms with Crippen LogP contribution in [-0.4, -0.2) is 26.0 Å². The number of carbonyl (C=O) groups is 1. The first-order chi connectivity index (χ1) is 8.85. The minimum Gasteiger partial charge on any atom is -0.493 e. The first-order valence-corrected chi connectivity index (χ1v) is 5.27. The molecule has 1 aromatic heterocycles. The van der Waals surface area contributed by atoms with Gasteiger partial charge in [-0.3, -0.25) is 4.98 Å². The molecule has 0 aliphatic heterocycles. The number of hydrogen-bond acceptors (Lipinski definition) is 4. The molecular weight excluding hydrogens is 230 g/mol. The maximum atomic E-state index is 8.00. The van der Waals surface area contributed by atoms with Gasteiger partial charge in [-0.1, -0.05) is 6.07 Å². The molecule has 0 aliphatic rings. The summed E-state index contributed by atoms with van der Waals surface area (Å²) in [6.45, 7) is 2.00. The molecule has 4 nitrogen and oxygen atoms in total. The quantitative estimate of drug-likeness (QED) is 0.833. The Morgan fingerprint density at radius 1 is 1.00 bits per heavy atom. The molecule has 0 bridgehead atoms. The lowest BCUT2D eigenvalue weighted by Gasteiger charge is -2.08. The van der Waals surface area contributed by atoms with Crippen LogP contribution in [0.2, 0.25) is 0 Å². The van der Waals surface area contributed by atoms with E-state index >= 15 is 0 Å². The summed E-state index contributed by atoms with van der Waals surface area (Å²) in [5.41, 5.74) is 1.93. The van der Waals surface area contributed by atoms with Crippen LogP contribution in [0.1, 0.15) is 0 Å². The third-order valence-corrected chi connectivity index (χ3v) is 2.34. The van der Waals surface area contributed by atoms with E-state index in [1.54, 1.807) is 20.4 Å². The lowest BCUT2D eigenvalue weighted by atomic mass is 10.1. The Kier molecular flexibility index (Phi) is 5.38. The van der Waals surface area contributed by atoms with Crippen LogP contribution in [0.25, 0.3) is 11.3 Å². The Bertz CT molecular complexity index is 486. The summed E-state index contributed by atoms with van der Waals surface area (Å²) in [6, 6.07) is 11.6. The van der Waals surface area contributed by atoms with Crippen molar-refractivity contribution in [3.8, 4) is 22.8 Å². The van der Waals surface area contributed by atoms with E-state index in [2.05, 4.69) is 4.98 Å². The second kappa shape index (κ2) is 7.06. The first kappa shape index (κ1) is 13.7. The highest BCUT2D eigenvalue weighted by Gasteiger charge is 2.06. The van der Waals surface area contributed by atoms with E-state index in [0.29, 0.717) is 5.75 Å². The highest BCUT2D eigenvalue weighted by molar-refractivity contribution is 5.63. The number of rotatable bonds is 3. The maximum absolute atomic E-state index is 8.00. The van der Waals surface area contributed by atoms with E-state index in [1.807, 2.05) is 43.2 Å². The molecule has 0 saturated heterocycles. The summed E-state index contributed by atoms with van der Waals surface area (Å²) in [5, 5.41) is 0. The predicted molar refractivity (Wildman–Crippen MR) is 69.9 cm³/mol. The van der Waals surface area contributed by atoms with Crippen molar-refractivity contribution in [3.05, 3.63) is 42.6 Å². The van der Waals surface area contributed by atoms with Crippen molar-refractivity contribution < 1.29 is 14.3 Å². The van der Waals surface area contributed by atoms with Gasteiger partial charge < -0.3 is 14.3 Å². The zero-order valence-corrected chi connectivity index (χ0v) is 10.4. The highest BCUT2D eigenvalue weighted by atomic mass is 16.5. The topological polar surface area (TPSA) is 48.4 Å². The zero-order valence-electron chi connectivity index (χ0n) is 10.4. The molecule has 18 heavy (non-hydrogen) atoms. The summed E-state index contributed by atoms with van der Waals surface area (Å²) >= 11 is 0. The molecule has 0 fully saturated rings. The van der Waals surface area contributed by atoms with Gasteiger partial charge in [-0.2, -0.15) is 0 Å². The number of carbonyl (C=O) groups excluding carboxylic acids is 1. The molecule has 0 spiro atoms. The Hall–Kier alpha value is -2.36. The molecule has 0 atom stereocenters. The largest absolute Gasteiger partial charge is 0.493 e. The van der Waals surface area contributed by atoms with Gasteiger partial charge in [0.2, 0.25) is 0 Å². The number of nitrogens with zero attached hydrogens (tertiary/aromatic N) is 1. The summed E-state index contributed by atoms with van der Waals surface area (Å²) in [4.78, 5) is 12.3. The van der Waals surface area contributed by atoms with Crippen LogP contribution in [0.4, 0.5) is 0 Å². The second-order valence-corrected chi connectivity index (χ2v) is 3.28. The number of hydrogen-bond donors (Lipinski definition) is 0. The second-order valence-electron chi connectivity index (χ2n) is 3.28. The normalized spacial score (nSPS) is 9.00. The lowest BCUT2D eigenvalue weighted by Crippen LogP contribution is -1.91. The third-order valence-electron chi connectivity index (χ3n) is 2.34. The van der Waals surface area contributed by atoms with E-state index in [-0.39, 0.29) is 0 Å². The number of pyridine rings is 1. The van der Waals surface area contributed by atoms with Crippen molar-refractivity contribution >= 4 is 6.79 Å². The standard InChI is InChI=1S/C13H13NO2.CH2O/c1-15-12-7-6-10(9-13(12)16-2)11-5-3-4-8-14-11;1-2/h3-9H,1-2H3;1H2. The van der Waals surface area contributed by atoms with Gasteiger partial charge in [0.1, 0.15) is 6.79 Å². The van der Waals surface area contributed by atoms with Crippen molar-refractivity contribution in [2.75, 3.05) is 14.2 Å². The van der Waals surface area contributed by atoms with Crippen LogP contribution in [0.5, 0.6) is 11.5 Å². The monoisotopic (exact) mass is 245 g/mol. The molecular formula is C14H15NO3. The van der Waals surface area contributed by atoms with Crippen LogP contribution in [-0.2, 0) is 4.79 Å². The van der Waals surface area contributed by atoms with Crippen molar-refractivity contribution in [2.24, 2.45) is 0 Å². The summed E-state index contributed by atoms with van der Waals surface area (Å²) in [6.07, 6.45) is 1.77. The van der Waals surface area contributed by atoms with E-state index in [0.717, 1.165) is 17.0 Å². The summed E-state index contributed by atoms with van der Waals surface area (Å²) in [5.74, 6) is 1.44. The van der Waals surface area contributed by atoms with Crippen molar-refractivity contribution in [3.63, 3.8) is 0 Å². The van der Waals surface area contributed by atoms with Gasteiger partial charge in [0.05, 0.1) is 19.9 Å². The van der Waals surface area contributed by atoms with Gasteiger partial charge in [0.15, 0.2) is 11.5 Å². The number of aromatic nitrogens is 1. The van der Waals surface area contributed by atoms with E-state index < -0.39 is 0 Å². The van der Waals surface area contributed by atoms with Crippen molar-refractivity contribution in [1.29, 1.82) is 0 Å². The molecule has 1 heterocycles. The molecule has 0 saturated carbocycles. The number of benzene rings is 1. The number of ether oxygens (including phenoxy) is 2. The van der Waals surface area contributed by atoms with Crippen LogP contribution < -0.4 is 9.47 Å². The Morgan fingerprint density at radius 3 is 2.28 bits per heavy atom. The molecule has 4 heteroatoms. The van der Waals surface area contributed by atoms with E-state index in [1.165, 1.54) is 0 Å². The SMILES string of the molecule is C=O.COc1ccc(-c2ccccn2)cc1OC. The molecule has 0 amide bonds. The van der Waals surface area contributed by atoms with Gasteiger partial charge in [-0.25, -0.2) is 0 Å². The Morgan fingerprint density at radius 2 is 1.72 bits per heavy atom. The highest BCUT2D eigenvalue weighted by Crippen LogP contribution is 2.31.